The molecule has 9 heteroatoms. The molecule has 0 spiro atoms. The normalized spacial score (nSPS) is 23.1. The summed E-state index contributed by atoms with van der Waals surface area (Å²) in [6, 6.07) is 0. The second-order valence-corrected chi connectivity index (χ2v) is 7.55. The zero-order valence-electron chi connectivity index (χ0n) is 19.3. The van der Waals surface area contributed by atoms with Crippen LogP contribution < -0.4 is 0 Å². The van der Waals surface area contributed by atoms with Gasteiger partial charge in [0.1, 0.15) is 0 Å². The molecule has 0 bridgehead atoms. The van der Waals surface area contributed by atoms with Crippen molar-refractivity contribution < 1.29 is 42.9 Å². The molecular weight excluding hydrogens is 408 g/mol. The van der Waals surface area contributed by atoms with Crippen molar-refractivity contribution in [3.8, 4) is 0 Å². The van der Waals surface area contributed by atoms with Gasteiger partial charge in [0.05, 0.1) is 12.5 Å². The Morgan fingerprint density at radius 3 is 1.94 bits per heavy atom. The van der Waals surface area contributed by atoms with Gasteiger partial charge in [-0.05, 0) is 32.6 Å². The van der Waals surface area contributed by atoms with E-state index in [4.69, 9.17) is 18.9 Å². The predicted molar refractivity (Wildman–Crippen MR) is 110 cm³/mol. The van der Waals surface area contributed by atoms with E-state index in [9.17, 15) is 19.2 Å². The van der Waals surface area contributed by atoms with Crippen molar-refractivity contribution in [3.05, 3.63) is 0 Å². The zero-order chi connectivity index (χ0) is 23.5. The van der Waals surface area contributed by atoms with Crippen LogP contribution in [0.15, 0.2) is 0 Å². The number of esters is 1. The highest BCUT2D eigenvalue weighted by Gasteiger charge is 2.48. The van der Waals surface area contributed by atoms with E-state index in [0.29, 0.717) is 38.5 Å². The van der Waals surface area contributed by atoms with Crippen LogP contribution in [0.1, 0.15) is 64.7 Å². The van der Waals surface area contributed by atoms with E-state index < -0.39 is 35.0 Å². The van der Waals surface area contributed by atoms with Crippen LogP contribution in [-0.4, -0.2) is 69.9 Å². The molecule has 9 nitrogen and oxygen atoms in total. The van der Waals surface area contributed by atoms with Crippen molar-refractivity contribution in [2.45, 2.75) is 76.3 Å². The molecule has 1 unspecified atom stereocenters. The van der Waals surface area contributed by atoms with Gasteiger partial charge in [-0.3, -0.25) is 14.4 Å². The summed E-state index contributed by atoms with van der Waals surface area (Å²) >= 11 is 0. The van der Waals surface area contributed by atoms with Crippen molar-refractivity contribution in [1.82, 2.24) is 0 Å². The van der Waals surface area contributed by atoms with Crippen LogP contribution in [0.3, 0.4) is 0 Å². The number of ether oxygens (including phenoxy) is 5. The van der Waals surface area contributed by atoms with Gasteiger partial charge in [0.15, 0.2) is 5.78 Å². The average Bonchev–Trinajstić information content (AvgIpc) is 3.07. The van der Waals surface area contributed by atoms with E-state index >= 15 is 0 Å². The standard InChI is InChI=1S/C13H20O6.C9H16O3/c1-4-19-12(16)10(14)9-7-5-6-8-13(17-2,18-3)11(9)15;1-11-9(12-2)7-5-3-4-6-8(9)10/h9H,4-8H2,1-3H3;3-7H2,1-2H3. The number of rotatable bonds is 7. The Bertz CT molecular complexity index is 620. The molecule has 0 radical (unpaired) electrons. The van der Waals surface area contributed by atoms with Gasteiger partial charge in [0, 0.05) is 47.7 Å². The number of hydrogen-bond donors (Lipinski definition) is 0. The summed E-state index contributed by atoms with van der Waals surface area (Å²) in [6.07, 6.45) is 6.41. The largest absolute Gasteiger partial charge is 0.460 e. The first-order valence-electron chi connectivity index (χ1n) is 10.8. The van der Waals surface area contributed by atoms with E-state index in [1.54, 1.807) is 6.92 Å². The SMILES string of the molecule is CCOC(=O)C(=O)C1CCCCC(OC)(OC)C1=O.COC1(OC)CCCCCC1=O. The van der Waals surface area contributed by atoms with E-state index in [1.807, 2.05) is 0 Å². The summed E-state index contributed by atoms with van der Waals surface area (Å²) in [5.74, 6) is -5.59. The molecule has 31 heavy (non-hydrogen) atoms. The maximum atomic E-state index is 12.4. The Balaban J connectivity index is 0.000000343. The molecule has 0 aromatic carbocycles. The summed E-state index contributed by atoms with van der Waals surface area (Å²) < 4.78 is 25.3. The molecule has 0 aromatic heterocycles. The first-order chi connectivity index (χ1) is 14.8. The highest BCUT2D eigenvalue weighted by Crippen LogP contribution is 2.32. The summed E-state index contributed by atoms with van der Waals surface area (Å²) in [4.78, 5) is 47.4. The maximum absolute atomic E-state index is 12.4. The van der Waals surface area contributed by atoms with E-state index in [-0.39, 0.29) is 12.4 Å². The van der Waals surface area contributed by atoms with Gasteiger partial charge in [-0.15, -0.1) is 0 Å². The minimum absolute atomic E-state index is 0.0880. The molecule has 0 heterocycles. The van der Waals surface area contributed by atoms with Crippen LogP contribution in [0.5, 0.6) is 0 Å². The lowest BCUT2D eigenvalue weighted by molar-refractivity contribution is -0.212. The molecule has 178 valence electrons. The summed E-state index contributed by atoms with van der Waals surface area (Å²) in [5, 5.41) is 0. The topological polar surface area (TPSA) is 114 Å². The summed E-state index contributed by atoms with van der Waals surface area (Å²) in [5.41, 5.74) is 0. The average molecular weight is 445 g/mol. The van der Waals surface area contributed by atoms with E-state index in [2.05, 4.69) is 4.74 Å². The lowest BCUT2D eigenvalue weighted by Gasteiger charge is -2.29. The van der Waals surface area contributed by atoms with Gasteiger partial charge in [-0.1, -0.05) is 12.8 Å². The van der Waals surface area contributed by atoms with Gasteiger partial charge in [-0.25, -0.2) is 4.79 Å². The number of ketones is 3. The fraction of sp³-hybridized carbons (Fsp3) is 0.818. The number of methoxy groups -OCH3 is 4. The minimum Gasteiger partial charge on any atom is -0.460 e. The Hall–Kier alpha value is -1.68. The monoisotopic (exact) mass is 444 g/mol. The molecule has 0 saturated heterocycles. The van der Waals surface area contributed by atoms with Gasteiger partial charge < -0.3 is 23.7 Å². The second kappa shape index (κ2) is 13.0. The molecule has 2 aliphatic rings. The van der Waals surface area contributed by atoms with Crippen molar-refractivity contribution in [2.75, 3.05) is 35.0 Å². The van der Waals surface area contributed by atoms with Crippen LogP contribution in [0, 0.1) is 5.92 Å². The number of Topliss-reactive ketones (excluding diaryl/α,β-unsaturated/α-hetero) is 3. The van der Waals surface area contributed by atoms with Crippen molar-refractivity contribution in [2.24, 2.45) is 5.92 Å². The van der Waals surface area contributed by atoms with Gasteiger partial charge in [0.25, 0.3) is 5.78 Å². The lowest BCUT2D eigenvalue weighted by atomic mass is 9.91. The Labute approximate surface area is 184 Å². The molecule has 2 aliphatic carbocycles. The number of hydrogen-bond acceptors (Lipinski definition) is 9. The molecule has 2 fully saturated rings. The predicted octanol–water partition coefficient (Wildman–Crippen LogP) is 2.38. The minimum atomic E-state index is -1.43. The van der Waals surface area contributed by atoms with E-state index in [1.165, 1.54) is 28.4 Å². The Morgan fingerprint density at radius 1 is 0.839 bits per heavy atom. The molecule has 0 aromatic rings. The molecule has 0 N–H and O–H groups in total. The molecular formula is C22H36O9. The van der Waals surface area contributed by atoms with Crippen molar-refractivity contribution >= 4 is 23.3 Å². The maximum Gasteiger partial charge on any atom is 0.375 e. The van der Waals surface area contributed by atoms with Crippen molar-refractivity contribution in [3.63, 3.8) is 0 Å². The number of carbonyl (C=O) groups excluding carboxylic acids is 4. The molecule has 1 atom stereocenters. The van der Waals surface area contributed by atoms with Crippen LogP contribution in [0.4, 0.5) is 0 Å². The van der Waals surface area contributed by atoms with Crippen LogP contribution >= 0.6 is 0 Å². The quantitative estimate of drug-likeness (QED) is 0.192. The van der Waals surface area contributed by atoms with Crippen LogP contribution in [0.2, 0.25) is 0 Å². The highest BCUT2D eigenvalue weighted by molar-refractivity contribution is 6.38. The number of carbonyl (C=O) groups is 4. The first-order valence-corrected chi connectivity index (χ1v) is 10.8. The lowest BCUT2D eigenvalue weighted by Crippen LogP contribution is -2.48. The van der Waals surface area contributed by atoms with Gasteiger partial charge >= 0.3 is 5.97 Å². The molecule has 0 amide bonds. The second-order valence-electron chi connectivity index (χ2n) is 7.55. The zero-order valence-corrected chi connectivity index (χ0v) is 19.3. The molecule has 0 aliphatic heterocycles. The fourth-order valence-corrected chi connectivity index (χ4v) is 3.97. The molecule has 2 saturated carbocycles. The van der Waals surface area contributed by atoms with Crippen molar-refractivity contribution in [1.29, 1.82) is 0 Å². The highest BCUT2D eigenvalue weighted by atomic mass is 16.7. The van der Waals surface area contributed by atoms with Gasteiger partial charge in [-0.2, -0.15) is 0 Å². The third-order valence-electron chi connectivity index (χ3n) is 5.89. The van der Waals surface area contributed by atoms with E-state index in [0.717, 1.165) is 19.3 Å². The van der Waals surface area contributed by atoms with Gasteiger partial charge in [0.2, 0.25) is 17.4 Å². The summed E-state index contributed by atoms with van der Waals surface area (Å²) in [7, 11) is 5.79. The smallest absolute Gasteiger partial charge is 0.375 e. The Morgan fingerprint density at radius 2 is 1.39 bits per heavy atom. The van der Waals surface area contributed by atoms with Crippen LogP contribution in [0.25, 0.3) is 0 Å². The van der Waals surface area contributed by atoms with Crippen LogP contribution in [-0.2, 0) is 42.9 Å². The fourth-order valence-electron chi connectivity index (χ4n) is 3.97. The molecule has 2 rings (SSSR count). The summed E-state index contributed by atoms with van der Waals surface area (Å²) in [6.45, 7) is 1.71. The first kappa shape index (κ1) is 27.4. The third-order valence-corrected chi connectivity index (χ3v) is 5.89. The third kappa shape index (κ3) is 6.65. The Kier molecular flexibility index (Phi) is 11.5.